The average Bonchev–Trinajstić information content (AvgIpc) is 2.56. The van der Waals surface area contributed by atoms with Crippen molar-refractivity contribution in [3.05, 3.63) is 35.4 Å². The first kappa shape index (κ1) is 19.3. The molecule has 1 aromatic carbocycles. The molecule has 0 spiro atoms. The summed E-state index contributed by atoms with van der Waals surface area (Å²) >= 11 is 5.04. The standard InChI is InChI=1S/C19H32N4S/c1-23(14-16-4-2-5-17(12-16)19(21)24)11-3-10-22-13-15-6-8-18(20)9-7-15/h2,4-5,12,15,18,22H,3,6-11,13-14,20H2,1H3,(H2,21,24). The van der Waals surface area contributed by atoms with Crippen LogP contribution in [0.15, 0.2) is 24.3 Å². The number of nitrogens with zero attached hydrogens (tertiary/aromatic N) is 1. The molecular formula is C19H32N4S. The number of nitrogens with one attached hydrogen (secondary N) is 1. The average molecular weight is 349 g/mol. The molecule has 0 radical (unpaired) electrons. The summed E-state index contributed by atoms with van der Waals surface area (Å²) in [5.41, 5.74) is 13.9. The molecule has 5 heteroatoms. The van der Waals surface area contributed by atoms with Crippen LogP contribution in [0.5, 0.6) is 0 Å². The van der Waals surface area contributed by atoms with Gasteiger partial charge in [-0.3, -0.25) is 0 Å². The van der Waals surface area contributed by atoms with E-state index in [1.54, 1.807) is 0 Å². The van der Waals surface area contributed by atoms with Gasteiger partial charge in [0.2, 0.25) is 0 Å². The molecule has 0 unspecified atom stereocenters. The number of thiocarbonyl (C=S) groups is 1. The van der Waals surface area contributed by atoms with Crippen molar-refractivity contribution < 1.29 is 0 Å². The van der Waals surface area contributed by atoms with E-state index in [1.165, 1.54) is 31.2 Å². The highest BCUT2D eigenvalue weighted by molar-refractivity contribution is 7.80. The quantitative estimate of drug-likeness (QED) is 0.472. The van der Waals surface area contributed by atoms with E-state index in [4.69, 9.17) is 23.7 Å². The van der Waals surface area contributed by atoms with E-state index in [0.717, 1.165) is 44.1 Å². The van der Waals surface area contributed by atoms with E-state index in [-0.39, 0.29) is 0 Å². The zero-order chi connectivity index (χ0) is 17.4. The Morgan fingerprint density at radius 3 is 2.75 bits per heavy atom. The van der Waals surface area contributed by atoms with Crippen LogP contribution in [0, 0.1) is 5.92 Å². The molecule has 0 bridgehead atoms. The van der Waals surface area contributed by atoms with Gasteiger partial charge in [-0.05, 0) is 76.3 Å². The lowest BCUT2D eigenvalue weighted by Crippen LogP contribution is -2.32. The molecular weight excluding hydrogens is 316 g/mol. The SMILES string of the molecule is CN(CCCNCC1CCC(N)CC1)Cc1cccc(C(N)=S)c1. The van der Waals surface area contributed by atoms with Crippen molar-refractivity contribution in [2.45, 2.75) is 44.7 Å². The molecule has 0 heterocycles. The Morgan fingerprint density at radius 2 is 2.04 bits per heavy atom. The Hall–Kier alpha value is -1.01. The molecule has 1 aliphatic rings. The molecule has 1 aromatic rings. The van der Waals surface area contributed by atoms with Gasteiger partial charge in [-0.15, -0.1) is 0 Å². The molecule has 24 heavy (non-hydrogen) atoms. The number of rotatable bonds is 9. The topological polar surface area (TPSA) is 67.3 Å². The summed E-state index contributed by atoms with van der Waals surface area (Å²) in [5.74, 6) is 0.824. The molecule has 4 nitrogen and oxygen atoms in total. The lowest BCUT2D eigenvalue weighted by Gasteiger charge is -2.26. The second kappa shape index (κ2) is 10.1. The number of nitrogens with two attached hydrogens (primary N) is 2. The summed E-state index contributed by atoms with van der Waals surface area (Å²) in [6.07, 6.45) is 6.12. The molecule has 0 aliphatic heterocycles. The van der Waals surface area contributed by atoms with E-state index in [2.05, 4.69) is 29.4 Å². The van der Waals surface area contributed by atoms with Crippen molar-refractivity contribution in [1.29, 1.82) is 0 Å². The molecule has 134 valence electrons. The van der Waals surface area contributed by atoms with Crippen molar-refractivity contribution in [2.24, 2.45) is 17.4 Å². The van der Waals surface area contributed by atoms with E-state index in [0.29, 0.717) is 11.0 Å². The monoisotopic (exact) mass is 348 g/mol. The fourth-order valence-electron chi connectivity index (χ4n) is 3.39. The van der Waals surface area contributed by atoms with Crippen molar-refractivity contribution in [2.75, 3.05) is 26.7 Å². The Morgan fingerprint density at radius 1 is 1.29 bits per heavy atom. The number of hydrogen-bond donors (Lipinski definition) is 3. The summed E-state index contributed by atoms with van der Waals surface area (Å²) in [5, 5.41) is 3.61. The second-order valence-corrected chi connectivity index (χ2v) is 7.58. The van der Waals surface area contributed by atoms with Gasteiger partial charge in [-0.2, -0.15) is 0 Å². The van der Waals surface area contributed by atoms with Gasteiger partial charge in [0, 0.05) is 18.2 Å². The van der Waals surface area contributed by atoms with Crippen LogP contribution in [0.1, 0.15) is 43.2 Å². The fourth-order valence-corrected chi connectivity index (χ4v) is 3.51. The van der Waals surface area contributed by atoms with Crippen LogP contribution in [-0.4, -0.2) is 42.6 Å². The lowest BCUT2D eigenvalue weighted by atomic mass is 9.86. The largest absolute Gasteiger partial charge is 0.389 e. The molecule has 1 aliphatic carbocycles. The van der Waals surface area contributed by atoms with E-state index in [1.807, 2.05) is 12.1 Å². The van der Waals surface area contributed by atoms with Crippen molar-refractivity contribution in [3.63, 3.8) is 0 Å². The van der Waals surface area contributed by atoms with Crippen molar-refractivity contribution in [1.82, 2.24) is 10.2 Å². The Bertz CT molecular complexity index is 512. The Labute approximate surface area is 152 Å². The highest BCUT2D eigenvalue weighted by atomic mass is 32.1. The van der Waals surface area contributed by atoms with Crippen LogP contribution in [0.4, 0.5) is 0 Å². The molecule has 1 saturated carbocycles. The van der Waals surface area contributed by atoms with Gasteiger partial charge in [0.1, 0.15) is 4.99 Å². The third-order valence-electron chi connectivity index (χ3n) is 4.88. The highest BCUT2D eigenvalue weighted by Gasteiger charge is 2.17. The van der Waals surface area contributed by atoms with Crippen LogP contribution in [0.25, 0.3) is 0 Å². The molecule has 1 fully saturated rings. The molecule has 2 rings (SSSR count). The smallest absolute Gasteiger partial charge is 0.103 e. The third-order valence-corrected chi connectivity index (χ3v) is 5.12. The highest BCUT2D eigenvalue weighted by Crippen LogP contribution is 2.22. The third kappa shape index (κ3) is 6.85. The summed E-state index contributed by atoms with van der Waals surface area (Å²) in [4.78, 5) is 2.81. The molecule has 0 atom stereocenters. The predicted octanol–water partition coefficient (Wildman–Crippen LogP) is 2.25. The van der Waals surface area contributed by atoms with Crippen LogP contribution in [0.2, 0.25) is 0 Å². The first-order valence-corrected chi connectivity index (χ1v) is 9.49. The summed E-state index contributed by atoms with van der Waals surface area (Å²) < 4.78 is 0. The van der Waals surface area contributed by atoms with Crippen LogP contribution >= 0.6 is 12.2 Å². The molecule has 0 amide bonds. The zero-order valence-electron chi connectivity index (χ0n) is 14.8. The van der Waals surface area contributed by atoms with Crippen molar-refractivity contribution in [3.8, 4) is 0 Å². The maximum absolute atomic E-state index is 5.96. The van der Waals surface area contributed by atoms with Gasteiger partial charge >= 0.3 is 0 Å². The van der Waals surface area contributed by atoms with Crippen LogP contribution in [0.3, 0.4) is 0 Å². The van der Waals surface area contributed by atoms with Gasteiger partial charge in [0.15, 0.2) is 0 Å². The summed E-state index contributed by atoms with van der Waals surface area (Å²) in [7, 11) is 2.16. The minimum absolute atomic E-state index is 0.446. The summed E-state index contributed by atoms with van der Waals surface area (Å²) in [6.45, 7) is 4.24. The minimum Gasteiger partial charge on any atom is -0.389 e. The molecule has 5 N–H and O–H groups in total. The minimum atomic E-state index is 0.446. The maximum Gasteiger partial charge on any atom is 0.103 e. The van der Waals surface area contributed by atoms with Crippen LogP contribution in [-0.2, 0) is 6.54 Å². The number of benzene rings is 1. The van der Waals surface area contributed by atoms with Crippen molar-refractivity contribution >= 4 is 17.2 Å². The van der Waals surface area contributed by atoms with Gasteiger partial charge in [0.25, 0.3) is 0 Å². The molecule has 0 aromatic heterocycles. The Kier molecular flexibility index (Phi) is 8.12. The maximum atomic E-state index is 5.96. The van der Waals surface area contributed by atoms with Crippen LogP contribution < -0.4 is 16.8 Å². The van der Waals surface area contributed by atoms with Gasteiger partial charge in [0.05, 0.1) is 0 Å². The van der Waals surface area contributed by atoms with E-state index < -0.39 is 0 Å². The van der Waals surface area contributed by atoms with E-state index >= 15 is 0 Å². The van der Waals surface area contributed by atoms with Gasteiger partial charge in [-0.1, -0.05) is 30.4 Å². The first-order valence-electron chi connectivity index (χ1n) is 9.08. The van der Waals surface area contributed by atoms with E-state index in [9.17, 15) is 0 Å². The first-order chi connectivity index (χ1) is 11.5. The zero-order valence-corrected chi connectivity index (χ0v) is 15.7. The predicted molar refractivity (Wildman–Crippen MR) is 106 cm³/mol. The lowest BCUT2D eigenvalue weighted by molar-refractivity contribution is 0.300. The normalized spacial score (nSPS) is 21.1. The summed E-state index contributed by atoms with van der Waals surface area (Å²) in [6, 6.07) is 8.65. The fraction of sp³-hybridized carbons (Fsp3) is 0.632. The number of hydrogen-bond acceptors (Lipinski definition) is 4. The Balaban J connectivity index is 1.59. The van der Waals surface area contributed by atoms with Gasteiger partial charge in [-0.25, -0.2) is 0 Å². The van der Waals surface area contributed by atoms with Gasteiger partial charge < -0.3 is 21.7 Å². The molecule has 0 saturated heterocycles. The second-order valence-electron chi connectivity index (χ2n) is 7.14.